The van der Waals surface area contributed by atoms with Crippen LogP contribution in [0.4, 0.5) is 34.1 Å². The molecule has 2 heteroatoms. The fraction of sp³-hybridized carbons (Fsp3) is 0.100. The van der Waals surface area contributed by atoms with Crippen LogP contribution in [0.15, 0.2) is 279 Å². The van der Waals surface area contributed by atoms with E-state index in [-0.39, 0.29) is 0 Å². The molecule has 82 heavy (non-hydrogen) atoms. The molecule has 0 heterocycles. The minimum absolute atomic E-state index is 0.520. The SMILES string of the molecule is Cc1ccccc1N(c1ccc2c(c1)C(c1ccccc1)(c1ccccc1)c1ccccc1-2)c1c(C)cc(-c2cc(C)c(N(c3ccc4c(c3)C(c3ccccc3)(c3ccccc3)c3ccccc3-4)c3ccccc3C)c(C)c2)cc1C. The fourth-order valence-corrected chi connectivity index (χ4v) is 14.5. The molecule has 394 valence electrons. The second-order valence-electron chi connectivity index (χ2n) is 22.7. The Morgan fingerprint density at radius 3 is 0.841 bits per heavy atom. The third-order valence-electron chi connectivity index (χ3n) is 17.9. The van der Waals surface area contributed by atoms with Crippen LogP contribution >= 0.6 is 0 Å². The van der Waals surface area contributed by atoms with Crippen molar-refractivity contribution in [3.05, 3.63) is 357 Å². The summed E-state index contributed by atoms with van der Waals surface area (Å²) in [4.78, 5) is 5.04. The zero-order valence-corrected chi connectivity index (χ0v) is 47.5. The van der Waals surface area contributed by atoms with Gasteiger partial charge in [-0.05, 0) is 213 Å². The lowest BCUT2D eigenvalue weighted by Crippen LogP contribution is -2.28. The molecule has 0 unspecified atom stereocenters. The third-order valence-corrected chi connectivity index (χ3v) is 17.9. The van der Waals surface area contributed by atoms with Gasteiger partial charge in [0.15, 0.2) is 0 Å². The fourth-order valence-electron chi connectivity index (χ4n) is 14.5. The van der Waals surface area contributed by atoms with Crippen molar-refractivity contribution in [2.24, 2.45) is 0 Å². The zero-order valence-electron chi connectivity index (χ0n) is 47.5. The van der Waals surface area contributed by atoms with Gasteiger partial charge >= 0.3 is 0 Å². The van der Waals surface area contributed by atoms with Crippen LogP contribution in [0.25, 0.3) is 33.4 Å². The maximum Gasteiger partial charge on any atom is 0.0714 e. The summed E-state index contributed by atoms with van der Waals surface area (Å²) in [5.74, 6) is 0. The van der Waals surface area contributed by atoms with E-state index < -0.39 is 10.8 Å². The van der Waals surface area contributed by atoms with E-state index in [0.717, 1.165) is 22.7 Å². The van der Waals surface area contributed by atoms with Gasteiger partial charge in [0.1, 0.15) is 0 Å². The van der Waals surface area contributed by atoms with Crippen molar-refractivity contribution in [1.29, 1.82) is 0 Å². The van der Waals surface area contributed by atoms with Gasteiger partial charge < -0.3 is 9.80 Å². The van der Waals surface area contributed by atoms with Gasteiger partial charge in [-0.1, -0.05) is 218 Å². The molecule has 0 amide bonds. The van der Waals surface area contributed by atoms with Crippen LogP contribution in [-0.2, 0) is 10.8 Å². The van der Waals surface area contributed by atoms with Gasteiger partial charge in [-0.25, -0.2) is 0 Å². The first kappa shape index (κ1) is 50.5. The predicted octanol–water partition coefficient (Wildman–Crippen LogP) is 20.9. The monoisotopic (exact) mass is 1050 g/mol. The van der Waals surface area contributed by atoms with Crippen LogP contribution in [0.2, 0.25) is 0 Å². The highest BCUT2D eigenvalue weighted by molar-refractivity contribution is 5.94. The highest BCUT2D eigenvalue weighted by Gasteiger charge is 2.48. The molecule has 14 rings (SSSR count). The topological polar surface area (TPSA) is 6.48 Å². The van der Waals surface area contributed by atoms with Gasteiger partial charge in [0.2, 0.25) is 0 Å². The van der Waals surface area contributed by atoms with Crippen molar-refractivity contribution >= 4 is 34.1 Å². The summed E-state index contributed by atoms with van der Waals surface area (Å²) in [6.07, 6.45) is 0. The van der Waals surface area contributed by atoms with E-state index in [4.69, 9.17) is 0 Å². The van der Waals surface area contributed by atoms with Gasteiger partial charge in [0.05, 0.1) is 22.2 Å². The Labute approximate surface area is 483 Å². The molecule has 0 fully saturated rings. The molecular weight excluding hydrogens is 989 g/mol. The Bertz CT molecular complexity index is 3990. The van der Waals surface area contributed by atoms with Gasteiger partial charge in [0, 0.05) is 22.7 Å². The highest BCUT2D eigenvalue weighted by atomic mass is 15.2. The maximum atomic E-state index is 2.52. The first-order chi connectivity index (χ1) is 40.2. The van der Waals surface area contributed by atoms with E-state index in [9.17, 15) is 0 Å². The second kappa shape index (κ2) is 20.1. The summed E-state index contributed by atoms with van der Waals surface area (Å²) < 4.78 is 0. The molecule has 2 nitrogen and oxygen atoms in total. The molecule has 0 saturated carbocycles. The normalized spacial score (nSPS) is 13.2. The third kappa shape index (κ3) is 7.77. The van der Waals surface area contributed by atoms with Crippen molar-refractivity contribution in [2.45, 2.75) is 52.4 Å². The van der Waals surface area contributed by atoms with Gasteiger partial charge in [-0.2, -0.15) is 0 Å². The number of anilines is 6. The largest absolute Gasteiger partial charge is 0.310 e. The lowest BCUT2D eigenvalue weighted by atomic mass is 9.67. The van der Waals surface area contributed by atoms with Crippen molar-refractivity contribution in [2.75, 3.05) is 9.80 Å². The number of hydrogen-bond donors (Lipinski definition) is 0. The van der Waals surface area contributed by atoms with Crippen LogP contribution in [0.3, 0.4) is 0 Å². The summed E-state index contributed by atoms with van der Waals surface area (Å²) in [5.41, 5.74) is 30.9. The molecule has 0 N–H and O–H groups in total. The quantitative estimate of drug-likeness (QED) is 0.127. The Morgan fingerprint density at radius 1 is 0.232 bits per heavy atom. The average molecular weight is 1050 g/mol. The summed E-state index contributed by atoms with van der Waals surface area (Å²) in [7, 11) is 0. The maximum absolute atomic E-state index is 2.52. The van der Waals surface area contributed by atoms with Gasteiger partial charge in [-0.3, -0.25) is 0 Å². The standard InChI is InChI=1S/C80H64N2/c1-53-27-19-25-41-75(53)81(65-43-45-69-67-37-21-23-39-71(67)79(73(69)51-65,61-29-11-7-12-30-61)62-31-13-8-14-32-62)77-55(3)47-59(48-56(77)4)60-49-57(5)78(58(6)50-60)82(76-42-26-20-28-54(76)2)66-44-46-70-68-38-22-24-40-72(68)80(74(70)52-66,63-33-15-9-16-34-63)64-35-17-10-18-36-64/h7-52H,1-6H3. The Morgan fingerprint density at radius 2 is 0.512 bits per heavy atom. The lowest BCUT2D eigenvalue weighted by Gasteiger charge is -2.35. The van der Waals surface area contributed by atoms with Crippen LogP contribution in [0.1, 0.15) is 77.9 Å². The van der Waals surface area contributed by atoms with Gasteiger partial charge in [0.25, 0.3) is 0 Å². The molecule has 12 aromatic rings. The van der Waals surface area contributed by atoms with Crippen molar-refractivity contribution in [1.82, 2.24) is 0 Å². The molecule has 2 aliphatic rings. The van der Waals surface area contributed by atoms with E-state index in [1.165, 1.54) is 123 Å². The van der Waals surface area contributed by atoms with Gasteiger partial charge in [-0.15, -0.1) is 0 Å². The summed E-state index contributed by atoms with van der Waals surface area (Å²) in [6.45, 7) is 13.7. The molecule has 12 aromatic carbocycles. The summed E-state index contributed by atoms with van der Waals surface area (Å²) >= 11 is 0. The molecule has 0 aliphatic heterocycles. The van der Waals surface area contributed by atoms with Crippen LogP contribution in [0, 0.1) is 41.5 Å². The minimum Gasteiger partial charge on any atom is -0.310 e. The Balaban J connectivity index is 0.907. The molecule has 0 atom stereocenters. The lowest BCUT2D eigenvalue weighted by molar-refractivity contribution is 0.768. The number of aryl methyl sites for hydroxylation is 6. The van der Waals surface area contributed by atoms with Crippen molar-refractivity contribution in [3.63, 3.8) is 0 Å². The first-order valence-electron chi connectivity index (χ1n) is 28.8. The predicted molar refractivity (Wildman–Crippen MR) is 344 cm³/mol. The summed E-state index contributed by atoms with van der Waals surface area (Å²) in [6, 6.07) is 104. The second-order valence-corrected chi connectivity index (χ2v) is 22.7. The molecule has 0 bridgehead atoms. The minimum atomic E-state index is -0.520. The number of hydrogen-bond acceptors (Lipinski definition) is 2. The van der Waals surface area contributed by atoms with E-state index >= 15 is 0 Å². The molecule has 0 radical (unpaired) electrons. The van der Waals surface area contributed by atoms with E-state index in [2.05, 4.69) is 330 Å². The molecule has 0 saturated heterocycles. The number of fused-ring (bicyclic) bond motifs is 6. The number of rotatable bonds is 11. The smallest absolute Gasteiger partial charge is 0.0714 e. The molecule has 0 spiro atoms. The Hall–Kier alpha value is -9.76. The first-order valence-corrected chi connectivity index (χ1v) is 28.8. The molecular formula is C80H64N2. The van der Waals surface area contributed by atoms with Crippen LogP contribution < -0.4 is 9.80 Å². The van der Waals surface area contributed by atoms with Crippen LogP contribution in [0.5, 0.6) is 0 Å². The molecule has 2 aliphatic carbocycles. The molecule has 0 aromatic heterocycles. The average Bonchev–Trinajstić information content (AvgIpc) is 4.22. The highest BCUT2D eigenvalue weighted by Crippen LogP contribution is 2.60. The van der Waals surface area contributed by atoms with Crippen molar-refractivity contribution in [3.8, 4) is 33.4 Å². The number of benzene rings is 12. The van der Waals surface area contributed by atoms with E-state index in [0.29, 0.717) is 0 Å². The number of nitrogens with zero attached hydrogens (tertiary/aromatic N) is 2. The number of para-hydroxylation sites is 2. The van der Waals surface area contributed by atoms with Crippen molar-refractivity contribution < 1.29 is 0 Å². The van der Waals surface area contributed by atoms with E-state index in [1.807, 2.05) is 0 Å². The zero-order chi connectivity index (χ0) is 55.7. The Kier molecular flexibility index (Phi) is 12.4. The van der Waals surface area contributed by atoms with Crippen LogP contribution in [-0.4, -0.2) is 0 Å². The van der Waals surface area contributed by atoms with E-state index in [1.54, 1.807) is 0 Å². The summed E-state index contributed by atoms with van der Waals surface area (Å²) in [5, 5.41) is 0.